The number of rotatable bonds is 3. The van der Waals surface area contributed by atoms with E-state index in [4.69, 9.17) is 5.11 Å². The van der Waals surface area contributed by atoms with Gasteiger partial charge in [0.25, 0.3) is 6.43 Å². The van der Waals surface area contributed by atoms with E-state index >= 15 is 0 Å². The second kappa shape index (κ2) is 4.52. The van der Waals surface area contributed by atoms with Crippen LogP contribution in [0.3, 0.4) is 0 Å². The smallest absolute Gasteiger partial charge is 0.309 e. The van der Waals surface area contributed by atoms with Gasteiger partial charge in [-0.3, -0.25) is 9.59 Å². The minimum Gasteiger partial charge on any atom is -0.481 e. The fraction of sp³-hybridized carbons (Fsp3) is 0.250. The number of hydrogen-bond acceptors (Lipinski definition) is 2. The second-order valence-electron chi connectivity index (χ2n) is 2.75. The maximum absolute atomic E-state index is 12.3. The maximum Gasteiger partial charge on any atom is 0.309 e. The van der Waals surface area contributed by atoms with E-state index in [9.17, 15) is 18.4 Å². The van der Waals surface area contributed by atoms with Crippen LogP contribution in [0.15, 0.2) is 15.3 Å². The van der Waals surface area contributed by atoms with Crippen LogP contribution in [0.25, 0.3) is 0 Å². The molecule has 0 aliphatic rings. The van der Waals surface area contributed by atoms with Crippen molar-refractivity contribution >= 4 is 21.9 Å². The highest BCUT2D eigenvalue weighted by molar-refractivity contribution is 9.10. The first-order chi connectivity index (χ1) is 6.91. The van der Waals surface area contributed by atoms with Crippen molar-refractivity contribution in [2.75, 3.05) is 0 Å². The number of carboxylic acid groups (broad SMARTS) is 1. The van der Waals surface area contributed by atoms with Crippen LogP contribution in [-0.4, -0.2) is 16.1 Å². The molecule has 1 rings (SSSR count). The lowest BCUT2D eigenvalue weighted by Crippen LogP contribution is -2.13. The number of alkyl halides is 2. The van der Waals surface area contributed by atoms with E-state index in [0.717, 1.165) is 6.07 Å². The van der Waals surface area contributed by atoms with Gasteiger partial charge in [0.2, 0.25) is 0 Å². The summed E-state index contributed by atoms with van der Waals surface area (Å²) in [5.74, 6) is -1.21. The van der Waals surface area contributed by atoms with Gasteiger partial charge >= 0.3 is 5.97 Å². The third kappa shape index (κ3) is 2.85. The summed E-state index contributed by atoms with van der Waals surface area (Å²) in [7, 11) is 0. The number of carboxylic acids is 1. The summed E-state index contributed by atoms with van der Waals surface area (Å²) in [4.78, 5) is 23.7. The molecule has 0 saturated carbocycles. The van der Waals surface area contributed by atoms with Gasteiger partial charge in [-0.25, -0.2) is 8.78 Å². The molecular weight excluding hydrogens is 276 g/mol. The van der Waals surface area contributed by atoms with Crippen molar-refractivity contribution in [1.29, 1.82) is 0 Å². The van der Waals surface area contributed by atoms with E-state index in [1.165, 1.54) is 0 Å². The van der Waals surface area contributed by atoms with E-state index in [1.54, 1.807) is 0 Å². The van der Waals surface area contributed by atoms with Gasteiger partial charge in [0, 0.05) is 11.8 Å². The second-order valence-corrected chi connectivity index (χ2v) is 3.55. The molecule has 0 aromatic carbocycles. The molecule has 0 saturated heterocycles. The number of halogens is 3. The normalized spacial score (nSPS) is 10.7. The molecule has 0 aliphatic carbocycles. The SMILES string of the molecule is O=C(O)Cc1[nH]c(C(F)F)cc(=O)c1Br. The Morgan fingerprint density at radius 3 is 2.67 bits per heavy atom. The molecule has 0 fully saturated rings. The number of carbonyl (C=O) groups is 1. The molecule has 0 bridgehead atoms. The van der Waals surface area contributed by atoms with Crippen LogP contribution in [0.4, 0.5) is 8.78 Å². The lowest BCUT2D eigenvalue weighted by molar-refractivity contribution is -0.136. The van der Waals surface area contributed by atoms with Crippen molar-refractivity contribution in [1.82, 2.24) is 4.98 Å². The van der Waals surface area contributed by atoms with Crippen LogP contribution >= 0.6 is 15.9 Å². The molecule has 0 atom stereocenters. The molecule has 0 radical (unpaired) electrons. The van der Waals surface area contributed by atoms with Gasteiger partial charge < -0.3 is 10.1 Å². The highest BCUT2D eigenvalue weighted by atomic mass is 79.9. The molecule has 15 heavy (non-hydrogen) atoms. The van der Waals surface area contributed by atoms with Gasteiger partial charge in [0.1, 0.15) is 0 Å². The first kappa shape index (κ1) is 11.8. The zero-order chi connectivity index (χ0) is 11.6. The molecule has 1 aromatic heterocycles. The first-order valence-electron chi connectivity index (χ1n) is 3.83. The maximum atomic E-state index is 12.3. The molecule has 0 aliphatic heterocycles. The minimum atomic E-state index is -2.83. The van der Waals surface area contributed by atoms with Crippen molar-refractivity contribution in [3.8, 4) is 0 Å². The molecule has 7 heteroatoms. The predicted octanol–water partition coefficient (Wildman–Crippen LogP) is 1.70. The van der Waals surface area contributed by atoms with Crippen LogP contribution in [0.5, 0.6) is 0 Å². The third-order valence-electron chi connectivity index (χ3n) is 1.63. The molecule has 4 nitrogen and oxygen atoms in total. The number of aliphatic carboxylic acids is 1. The Balaban J connectivity index is 3.25. The van der Waals surface area contributed by atoms with E-state index in [2.05, 4.69) is 20.9 Å². The largest absolute Gasteiger partial charge is 0.481 e. The molecule has 0 amide bonds. The number of hydrogen-bond donors (Lipinski definition) is 2. The average Bonchev–Trinajstić information content (AvgIpc) is 2.11. The molecule has 1 heterocycles. The summed E-state index contributed by atoms with van der Waals surface area (Å²) < 4.78 is 24.5. The van der Waals surface area contributed by atoms with E-state index in [-0.39, 0.29) is 10.2 Å². The molecule has 2 N–H and O–H groups in total. The number of nitrogens with one attached hydrogen (secondary N) is 1. The zero-order valence-corrected chi connectivity index (χ0v) is 8.85. The van der Waals surface area contributed by atoms with Gasteiger partial charge in [-0.05, 0) is 15.9 Å². The van der Waals surface area contributed by atoms with E-state index in [0.29, 0.717) is 0 Å². The van der Waals surface area contributed by atoms with Crippen LogP contribution in [0, 0.1) is 0 Å². The van der Waals surface area contributed by atoms with Gasteiger partial charge in [-0.15, -0.1) is 0 Å². The minimum absolute atomic E-state index is 0.0331. The lowest BCUT2D eigenvalue weighted by atomic mass is 10.2. The Kier molecular flexibility index (Phi) is 3.57. The summed E-state index contributed by atoms with van der Waals surface area (Å²) in [5.41, 5.74) is -1.31. The van der Waals surface area contributed by atoms with Crippen molar-refractivity contribution in [2.45, 2.75) is 12.8 Å². The molecule has 0 unspecified atom stereocenters. The van der Waals surface area contributed by atoms with Crippen LogP contribution in [0.1, 0.15) is 17.8 Å². The molecule has 0 spiro atoms. The van der Waals surface area contributed by atoms with Gasteiger partial charge in [0.05, 0.1) is 16.6 Å². The first-order valence-corrected chi connectivity index (χ1v) is 4.62. The van der Waals surface area contributed by atoms with E-state index < -0.39 is 29.9 Å². The Morgan fingerprint density at radius 1 is 1.60 bits per heavy atom. The number of aromatic nitrogens is 1. The highest BCUT2D eigenvalue weighted by Crippen LogP contribution is 2.18. The van der Waals surface area contributed by atoms with Crippen molar-refractivity contribution in [3.63, 3.8) is 0 Å². The van der Waals surface area contributed by atoms with E-state index in [1.807, 2.05) is 0 Å². The van der Waals surface area contributed by atoms with Gasteiger partial charge in [0.15, 0.2) is 5.43 Å². The third-order valence-corrected chi connectivity index (χ3v) is 2.50. The zero-order valence-electron chi connectivity index (χ0n) is 7.26. The summed E-state index contributed by atoms with van der Waals surface area (Å²) in [6.07, 6.45) is -3.35. The van der Waals surface area contributed by atoms with Crippen LogP contribution in [-0.2, 0) is 11.2 Å². The van der Waals surface area contributed by atoms with Crippen LogP contribution < -0.4 is 5.43 Å². The summed E-state index contributed by atoms with van der Waals surface area (Å²) in [6.45, 7) is 0. The van der Waals surface area contributed by atoms with Crippen molar-refractivity contribution < 1.29 is 18.7 Å². The summed E-state index contributed by atoms with van der Waals surface area (Å²) >= 11 is 2.84. The topological polar surface area (TPSA) is 70.2 Å². The average molecular weight is 282 g/mol. The Morgan fingerprint density at radius 2 is 2.20 bits per heavy atom. The number of aromatic amines is 1. The molecule has 82 valence electrons. The Labute approximate surface area is 91.1 Å². The predicted molar refractivity (Wildman–Crippen MR) is 51.1 cm³/mol. The number of pyridine rings is 1. The Bertz CT molecular complexity index is 444. The summed E-state index contributed by atoms with van der Waals surface area (Å²) in [6, 6.07) is 0.736. The van der Waals surface area contributed by atoms with Gasteiger partial charge in [-0.1, -0.05) is 0 Å². The fourth-order valence-corrected chi connectivity index (χ4v) is 1.36. The molecular formula is C8H6BrF2NO3. The van der Waals surface area contributed by atoms with Crippen molar-refractivity contribution in [3.05, 3.63) is 32.2 Å². The van der Waals surface area contributed by atoms with Gasteiger partial charge in [-0.2, -0.15) is 0 Å². The number of H-pyrrole nitrogens is 1. The monoisotopic (exact) mass is 281 g/mol. The lowest BCUT2D eigenvalue weighted by Gasteiger charge is -2.05. The van der Waals surface area contributed by atoms with Crippen molar-refractivity contribution in [2.24, 2.45) is 0 Å². The quantitative estimate of drug-likeness (QED) is 0.886. The summed E-state index contributed by atoms with van der Waals surface area (Å²) in [5, 5.41) is 8.48. The Hall–Kier alpha value is -1.24. The highest BCUT2D eigenvalue weighted by Gasteiger charge is 2.15. The molecule has 1 aromatic rings. The standard InChI is InChI=1S/C8H6BrF2NO3/c9-7-3(2-6(14)15)12-4(8(10)11)1-5(7)13/h1,8H,2H2,(H,12,13)(H,14,15). The fourth-order valence-electron chi connectivity index (χ4n) is 1.01. The van der Waals surface area contributed by atoms with Crippen LogP contribution in [0.2, 0.25) is 0 Å².